The highest BCUT2D eigenvalue weighted by Crippen LogP contribution is 2.34. The third kappa shape index (κ3) is 4.16. The van der Waals surface area contributed by atoms with Crippen LogP contribution in [-0.4, -0.2) is 54.5 Å². The zero-order valence-electron chi connectivity index (χ0n) is 16.7. The van der Waals surface area contributed by atoms with Gasteiger partial charge >= 0.3 is 0 Å². The van der Waals surface area contributed by atoms with Gasteiger partial charge in [0, 0.05) is 13.1 Å². The number of carbonyl (C=O) groups excluding carboxylic acids is 2. The molecule has 1 aromatic rings. The number of carbonyl (C=O) groups is 2. The van der Waals surface area contributed by atoms with Crippen LogP contribution in [0.2, 0.25) is 0 Å². The summed E-state index contributed by atoms with van der Waals surface area (Å²) in [7, 11) is 0. The first kappa shape index (κ1) is 19.6. The van der Waals surface area contributed by atoms with Gasteiger partial charge in [0.25, 0.3) is 5.91 Å². The number of anilines is 1. The molecule has 7 heteroatoms. The van der Waals surface area contributed by atoms with E-state index in [2.05, 4.69) is 11.4 Å². The van der Waals surface area contributed by atoms with Crippen molar-refractivity contribution in [1.82, 2.24) is 10.2 Å². The average molecular weight is 396 g/mol. The monoisotopic (exact) mass is 396 g/mol. The molecule has 3 aliphatic rings. The van der Waals surface area contributed by atoms with Gasteiger partial charge in [-0.2, -0.15) is 5.26 Å². The summed E-state index contributed by atoms with van der Waals surface area (Å²) in [5.74, 6) is 0.431. The van der Waals surface area contributed by atoms with Crippen LogP contribution in [0.25, 0.3) is 0 Å². The van der Waals surface area contributed by atoms with Crippen LogP contribution in [0.15, 0.2) is 24.3 Å². The Balaban J connectivity index is 1.48. The lowest BCUT2D eigenvalue weighted by atomic mass is 10.00. The first-order valence-electron chi connectivity index (χ1n) is 10.6. The predicted molar refractivity (Wildman–Crippen MR) is 108 cm³/mol. The maximum atomic E-state index is 13.0. The number of nitrogens with one attached hydrogen (secondary N) is 1. The van der Waals surface area contributed by atoms with Crippen molar-refractivity contribution in [2.45, 2.75) is 56.6 Å². The number of benzene rings is 1. The molecule has 1 saturated carbocycles. The highest BCUT2D eigenvalue weighted by Gasteiger charge is 2.38. The molecule has 1 aromatic carbocycles. The summed E-state index contributed by atoms with van der Waals surface area (Å²) in [6.07, 6.45) is 5.91. The highest BCUT2D eigenvalue weighted by molar-refractivity contribution is 5.86. The van der Waals surface area contributed by atoms with E-state index in [9.17, 15) is 14.9 Å². The molecule has 154 valence electrons. The van der Waals surface area contributed by atoms with Crippen molar-refractivity contribution in [1.29, 1.82) is 5.26 Å². The molecule has 1 atom stereocenters. The first-order valence-corrected chi connectivity index (χ1v) is 10.6. The molecule has 7 nitrogen and oxygen atoms in total. The number of para-hydroxylation sites is 2. The third-order valence-electron chi connectivity index (χ3n) is 6.19. The number of amides is 2. The second kappa shape index (κ2) is 8.32. The maximum absolute atomic E-state index is 13.0. The van der Waals surface area contributed by atoms with E-state index in [1.54, 1.807) is 0 Å². The Morgan fingerprint density at radius 2 is 1.86 bits per heavy atom. The predicted octanol–water partition coefficient (Wildman–Crippen LogP) is 2.22. The van der Waals surface area contributed by atoms with Crippen molar-refractivity contribution in [2.24, 2.45) is 0 Å². The van der Waals surface area contributed by atoms with Crippen LogP contribution in [0.1, 0.15) is 44.9 Å². The lowest BCUT2D eigenvalue weighted by Crippen LogP contribution is -2.54. The summed E-state index contributed by atoms with van der Waals surface area (Å²) >= 11 is 0. The first-order chi connectivity index (χ1) is 14.1. The van der Waals surface area contributed by atoms with Crippen LogP contribution in [-0.2, 0) is 9.59 Å². The Hall–Kier alpha value is -2.75. The summed E-state index contributed by atoms with van der Waals surface area (Å²) < 4.78 is 6.02. The van der Waals surface area contributed by atoms with Crippen molar-refractivity contribution in [3.8, 4) is 11.8 Å². The van der Waals surface area contributed by atoms with E-state index in [-0.39, 0.29) is 18.4 Å². The van der Waals surface area contributed by atoms with E-state index in [1.807, 2.05) is 34.1 Å². The second-order valence-corrected chi connectivity index (χ2v) is 8.29. The van der Waals surface area contributed by atoms with Crippen molar-refractivity contribution in [2.75, 3.05) is 31.1 Å². The molecule has 29 heavy (non-hydrogen) atoms. The molecule has 2 aliphatic heterocycles. The van der Waals surface area contributed by atoms with Gasteiger partial charge in [0.2, 0.25) is 5.91 Å². The van der Waals surface area contributed by atoms with Crippen LogP contribution >= 0.6 is 0 Å². The second-order valence-electron chi connectivity index (χ2n) is 8.29. The summed E-state index contributed by atoms with van der Waals surface area (Å²) in [6, 6.07) is 9.80. The molecule has 0 aromatic heterocycles. The summed E-state index contributed by atoms with van der Waals surface area (Å²) in [5, 5.41) is 12.5. The van der Waals surface area contributed by atoms with Crippen LogP contribution in [0.3, 0.4) is 0 Å². The number of ether oxygens (including phenoxy) is 1. The molecule has 0 bridgehead atoms. The van der Waals surface area contributed by atoms with Crippen LogP contribution in [0.5, 0.6) is 5.75 Å². The molecular weight excluding hydrogens is 368 g/mol. The van der Waals surface area contributed by atoms with E-state index in [1.165, 1.54) is 0 Å². The van der Waals surface area contributed by atoms with Gasteiger partial charge in [0.1, 0.15) is 11.3 Å². The molecule has 2 heterocycles. The minimum atomic E-state index is -0.744. The van der Waals surface area contributed by atoms with E-state index in [0.29, 0.717) is 25.1 Å². The summed E-state index contributed by atoms with van der Waals surface area (Å²) in [4.78, 5) is 29.6. The number of hydrogen-bond donors (Lipinski definition) is 1. The number of rotatable bonds is 4. The minimum absolute atomic E-state index is 0.00565. The normalized spacial score (nSPS) is 22.9. The fourth-order valence-corrected chi connectivity index (χ4v) is 4.63. The number of fused-ring (bicyclic) bond motifs is 1. The average Bonchev–Trinajstić information content (AvgIpc) is 3.22. The van der Waals surface area contributed by atoms with Gasteiger partial charge in [0.05, 0.1) is 24.8 Å². The SMILES string of the molecule is N#CC1(NC(=O)CN2CC(C(=O)N3CCCCC3)Oc3ccccc32)CCCC1. The number of likely N-dealkylation sites (tertiary alicyclic amines) is 1. The Bertz CT molecular complexity index is 807. The zero-order chi connectivity index (χ0) is 20.3. The quantitative estimate of drug-likeness (QED) is 0.843. The van der Waals surface area contributed by atoms with Crippen molar-refractivity contribution in [3.63, 3.8) is 0 Å². The Labute approximate surface area is 171 Å². The standard InChI is InChI=1S/C22H28N4O3/c23-16-22(10-4-5-11-22)24-20(27)15-26-14-19(21(28)25-12-6-1-7-13-25)29-18-9-3-2-8-17(18)26/h2-3,8-9,19H,1,4-7,10-15H2,(H,24,27). The summed E-state index contributed by atoms with van der Waals surface area (Å²) in [6.45, 7) is 1.98. The van der Waals surface area contributed by atoms with Crippen molar-refractivity contribution >= 4 is 17.5 Å². The van der Waals surface area contributed by atoms with E-state index in [0.717, 1.165) is 50.9 Å². The van der Waals surface area contributed by atoms with Crippen molar-refractivity contribution < 1.29 is 14.3 Å². The van der Waals surface area contributed by atoms with E-state index in [4.69, 9.17) is 4.74 Å². The maximum Gasteiger partial charge on any atom is 0.265 e. The molecule has 1 saturated heterocycles. The topological polar surface area (TPSA) is 85.7 Å². The molecule has 0 spiro atoms. The van der Waals surface area contributed by atoms with Crippen LogP contribution in [0, 0.1) is 11.3 Å². The number of hydrogen-bond acceptors (Lipinski definition) is 5. The smallest absolute Gasteiger partial charge is 0.265 e. The van der Waals surface area contributed by atoms with Gasteiger partial charge in [-0.05, 0) is 57.1 Å². The lowest BCUT2D eigenvalue weighted by molar-refractivity contribution is -0.139. The highest BCUT2D eigenvalue weighted by atomic mass is 16.5. The molecule has 0 radical (unpaired) electrons. The van der Waals surface area contributed by atoms with Gasteiger partial charge in [-0.3, -0.25) is 9.59 Å². The molecule has 4 rings (SSSR count). The summed E-state index contributed by atoms with van der Waals surface area (Å²) in [5.41, 5.74) is 0.0640. The number of nitriles is 1. The minimum Gasteiger partial charge on any atom is -0.477 e. The van der Waals surface area contributed by atoms with Crippen molar-refractivity contribution in [3.05, 3.63) is 24.3 Å². The Morgan fingerprint density at radius 1 is 1.14 bits per heavy atom. The molecule has 2 fully saturated rings. The molecule has 1 aliphatic carbocycles. The Morgan fingerprint density at radius 3 is 2.59 bits per heavy atom. The molecule has 1 N–H and O–H groups in total. The largest absolute Gasteiger partial charge is 0.477 e. The fourth-order valence-electron chi connectivity index (χ4n) is 4.63. The van der Waals surface area contributed by atoms with Crippen LogP contribution < -0.4 is 15.0 Å². The number of nitrogens with zero attached hydrogens (tertiary/aromatic N) is 3. The van der Waals surface area contributed by atoms with Crippen LogP contribution in [0.4, 0.5) is 5.69 Å². The third-order valence-corrected chi connectivity index (χ3v) is 6.19. The fraction of sp³-hybridized carbons (Fsp3) is 0.591. The van der Waals surface area contributed by atoms with E-state index >= 15 is 0 Å². The zero-order valence-corrected chi connectivity index (χ0v) is 16.7. The lowest BCUT2D eigenvalue weighted by Gasteiger charge is -2.38. The van der Waals surface area contributed by atoms with Gasteiger partial charge in [-0.1, -0.05) is 12.1 Å². The van der Waals surface area contributed by atoms with Gasteiger partial charge in [0.15, 0.2) is 6.10 Å². The number of piperidine rings is 1. The Kier molecular flexibility index (Phi) is 5.61. The van der Waals surface area contributed by atoms with Gasteiger partial charge in [-0.15, -0.1) is 0 Å². The van der Waals surface area contributed by atoms with Gasteiger partial charge < -0.3 is 19.9 Å². The molecule has 1 unspecified atom stereocenters. The van der Waals surface area contributed by atoms with Gasteiger partial charge in [-0.25, -0.2) is 0 Å². The molecular formula is C22H28N4O3. The molecule has 2 amide bonds. The van der Waals surface area contributed by atoms with E-state index < -0.39 is 11.6 Å².